The summed E-state index contributed by atoms with van der Waals surface area (Å²) in [6.45, 7) is 0. The highest BCUT2D eigenvalue weighted by Gasteiger charge is 2.32. The molecule has 1 N–H and O–H groups in total. The Bertz CT molecular complexity index is 1450. The third-order valence-electron chi connectivity index (χ3n) is 5.71. The second-order valence-electron chi connectivity index (χ2n) is 8.74. The largest absolute Gasteiger partial charge is 0.497 e. The maximum atomic E-state index is 14.3. The number of hydrogen-bond donors (Lipinski definition) is 1. The van der Waals surface area contributed by atoms with Crippen molar-refractivity contribution in [3.63, 3.8) is 0 Å². The number of carbonyl (C=O) groups excluding carboxylic acids is 1. The van der Waals surface area contributed by atoms with Gasteiger partial charge in [-0.1, -0.05) is 76.6 Å². The third kappa shape index (κ3) is 7.74. The monoisotopic (exact) mass is 617 g/mol. The average Bonchev–Trinajstić information content (AvgIpc) is 2.90. The molecule has 0 aromatic heterocycles. The summed E-state index contributed by atoms with van der Waals surface area (Å²) in [5.41, 5.74) is 0.515. The van der Waals surface area contributed by atoms with E-state index in [9.17, 15) is 22.5 Å². The van der Waals surface area contributed by atoms with Crippen LogP contribution in [0.1, 0.15) is 27.0 Å². The summed E-state index contributed by atoms with van der Waals surface area (Å²) in [7, 11) is -2.22. The number of methoxy groups -OCH3 is 1. The number of hydrogen-bond acceptors (Lipinski definition) is 4. The Hall–Kier alpha value is -3.55. The zero-order valence-electron chi connectivity index (χ0n) is 20.7. The molecule has 10 heteroatoms. The van der Waals surface area contributed by atoms with Crippen LogP contribution in [0.4, 0.5) is 18.9 Å². The SMILES string of the molecule is COc1cc(NC(=O)c2cc(Br)ccc2OP(=O)(Cc2ccccc2)Cc2ccccc2)cc(C(F)(F)F)c1. The van der Waals surface area contributed by atoms with E-state index in [4.69, 9.17) is 9.26 Å². The predicted octanol–water partition coefficient (Wildman–Crippen LogP) is 8.79. The van der Waals surface area contributed by atoms with E-state index in [0.717, 1.165) is 23.3 Å². The van der Waals surface area contributed by atoms with Gasteiger partial charge in [-0.05, 0) is 41.5 Å². The third-order valence-corrected chi connectivity index (χ3v) is 8.43. The summed E-state index contributed by atoms with van der Waals surface area (Å²) in [5.74, 6) is -0.760. The first-order valence-corrected chi connectivity index (χ1v) is 14.6. The van der Waals surface area contributed by atoms with Crippen molar-refractivity contribution in [3.8, 4) is 11.5 Å². The predicted molar refractivity (Wildman–Crippen MR) is 149 cm³/mol. The van der Waals surface area contributed by atoms with Gasteiger partial charge in [0.15, 0.2) is 0 Å². The molecule has 0 radical (unpaired) electrons. The molecular formula is C29H24BrF3NO4P. The van der Waals surface area contributed by atoms with Gasteiger partial charge < -0.3 is 14.6 Å². The van der Waals surface area contributed by atoms with Crippen molar-refractivity contribution in [3.05, 3.63) is 124 Å². The van der Waals surface area contributed by atoms with Gasteiger partial charge in [0.25, 0.3) is 13.3 Å². The van der Waals surface area contributed by atoms with Crippen LogP contribution in [0.5, 0.6) is 11.5 Å². The Morgan fingerprint density at radius 1 is 0.872 bits per heavy atom. The first-order valence-electron chi connectivity index (χ1n) is 11.8. The quantitative estimate of drug-likeness (QED) is 0.191. The van der Waals surface area contributed by atoms with E-state index < -0.39 is 25.0 Å². The van der Waals surface area contributed by atoms with Crippen molar-refractivity contribution in [1.29, 1.82) is 0 Å². The fraction of sp³-hybridized carbons (Fsp3) is 0.138. The Labute approximate surface area is 232 Å². The van der Waals surface area contributed by atoms with Gasteiger partial charge >= 0.3 is 6.18 Å². The zero-order valence-corrected chi connectivity index (χ0v) is 23.2. The van der Waals surface area contributed by atoms with E-state index in [1.165, 1.54) is 25.3 Å². The molecule has 4 aromatic rings. The highest BCUT2D eigenvalue weighted by atomic mass is 79.9. The minimum Gasteiger partial charge on any atom is -0.497 e. The number of carbonyl (C=O) groups is 1. The van der Waals surface area contributed by atoms with Crippen molar-refractivity contribution in [2.45, 2.75) is 18.5 Å². The van der Waals surface area contributed by atoms with E-state index in [0.29, 0.717) is 4.47 Å². The van der Waals surface area contributed by atoms with Crippen molar-refractivity contribution in [2.24, 2.45) is 0 Å². The van der Waals surface area contributed by atoms with Crippen molar-refractivity contribution in [1.82, 2.24) is 0 Å². The van der Waals surface area contributed by atoms with Gasteiger partial charge in [-0.2, -0.15) is 13.2 Å². The van der Waals surface area contributed by atoms with Crippen LogP contribution in [-0.2, 0) is 23.1 Å². The molecule has 0 spiro atoms. The van der Waals surface area contributed by atoms with Crippen molar-refractivity contribution < 1.29 is 31.8 Å². The molecule has 0 unspecified atom stereocenters. The molecule has 0 aliphatic carbocycles. The van der Waals surface area contributed by atoms with Crippen LogP contribution in [0.15, 0.2) is 102 Å². The molecule has 1 amide bonds. The Morgan fingerprint density at radius 3 is 2.00 bits per heavy atom. The Morgan fingerprint density at radius 2 is 1.46 bits per heavy atom. The second kappa shape index (κ2) is 12.1. The van der Waals surface area contributed by atoms with E-state index in [1.807, 2.05) is 60.7 Å². The molecule has 0 fully saturated rings. The van der Waals surface area contributed by atoms with Crippen LogP contribution in [0.25, 0.3) is 0 Å². The van der Waals surface area contributed by atoms with Gasteiger partial charge in [0.1, 0.15) is 11.5 Å². The van der Waals surface area contributed by atoms with Crippen LogP contribution in [0.3, 0.4) is 0 Å². The molecule has 202 valence electrons. The number of rotatable bonds is 9. The molecule has 0 bridgehead atoms. The summed E-state index contributed by atoms with van der Waals surface area (Å²) < 4.78 is 66.1. The Kier molecular flexibility index (Phi) is 8.83. The Balaban J connectivity index is 1.68. The molecule has 39 heavy (non-hydrogen) atoms. The fourth-order valence-electron chi connectivity index (χ4n) is 3.93. The maximum Gasteiger partial charge on any atom is 0.416 e. The molecule has 0 saturated carbocycles. The number of nitrogens with one attached hydrogen (secondary N) is 1. The number of ether oxygens (including phenoxy) is 1. The van der Waals surface area contributed by atoms with Crippen molar-refractivity contribution in [2.75, 3.05) is 12.4 Å². The fourth-order valence-corrected chi connectivity index (χ4v) is 6.59. The average molecular weight is 618 g/mol. The van der Waals surface area contributed by atoms with Crippen LogP contribution < -0.4 is 14.6 Å². The molecule has 4 rings (SSSR count). The van der Waals surface area contributed by atoms with Crippen LogP contribution >= 0.6 is 23.3 Å². The van der Waals surface area contributed by atoms with Gasteiger partial charge in [0.2, 0.25) is 0 Å². The lowest BCUT2D eigenvalue weighted by atomic mass is 10.1. The van der Waals surface area contributed by atoms with Crippen LogP contribution in [0, 0.1) is 0 Å². The van der Waals surface area contributed by atoms with E-state index in [2.05, 4.69) is 21.2 Å². The van der Waals surface area contributed by atoms with Gasteiger partial charge in [-0.15, -0.1) is 0 Å². The summed E-state index contributed by atoms with van der Waals surface area (Å²) in [6.07, 6.45) is -4.41. The number of anilines is 1. The van der Waals surface area contributed by atoms with Gasteiger partial charge in [-0.3, -0.25) is 9.36 Å². The number of alkyl halides is 3. The highest BCUT2D eigenvalue weighted by molar-refractivity contribution is 9.10. The minimum absolute atomic E-state index is 0.00195. The molecule has 5 nitrogen and oxygen atoms in total. The molecule has 0 heterocycles. The number of halogens is 4. The van der Waals surface area contributed by atoms with Crippen molar-refractivity contribution >= 4 is 34.9 Å². The first kappa shape index (κ1) is 28.5. The van der Waals surface area contributed by atoms with Gasteiger partial charge in [0, 0.05) is 16.2 Å². The molecule has 0 aliphatic heterocycles. The molecule has 0 atom stereocenters. The topological polar surface area (TPSA) is 64.6 Å². The molecule has 0 saturated heterocycles. The van der Waals surface area contributed by atoms with Gasteiger partial charge in [0.05, 0.1) is 30.6 Å². The molecular weight excluding hydrogens is 594 g/mol. The summed E-state index contributed by atoms with van der Waals surface area (Å²) in [6, 6.07) is 26.0. The maximum absolute atomic E-state index is 14.3. The molecule has 0 aliphatic rings. The zero-order chi connectivity index (χ0) is 28.0. The summed E-state index contributed by atoms with van der Waals surface area (Å²) in [4.78, 5) is 13.3. The molecule has 4 aromatic carbocycles. The van der Waals surface area contributed by atoms with Gasteiger partial charge in [-0.25, -0.2) is 0 Å². The number of amides is 1. The van der Waals surface area contributed by atoms with E-state index in [-0.39, 0.29) is 35.1 Å². The van der Waals surface area contributed by atoms with E-state index >= 15 is 0 Å². The normalized spacial score (nSPS) is 11.6. The lowest BCUT2D eigenvalue weighted by Gasteiger charge is -2.22. The van der Waals surface area contributed by atoms with Crippen LogP contribution in [0.2, 0.25) is 0 Å². The standard InChI is InChI=1S/C29H24BrF3NO4P/c1-37-25-15-22(29(31,32)33)14-24(17-25)34-28(35)26-16-23(30)12-13-27(26)38-39(36,18-20-8-4-2-5-9-20)19-21-10-6-3-7-11-21/h2-17H,18-19H2,1H3,(H,34,35). The van der Waals surface area contributed by atoms with Crippen LogP contribution in [-0.4, -0.2) is 13.0 Å². The number of benzene rings is 4. The lowest BCUT2D eigenvalue weighted by Crippen LogP contribution is -2.15. The summed E-state index contributed by atoms with van der Waals surface area (Å²) >= 11 is 3.32. The highest BCUT2D eigenvalue weighted by Crippen LogP contribution is 2.54. The minimum atomic E-state index is -4.64. The summed E-state index contributed by atoms with van der Waals surface area (Å²) in [5, 5.41) is 2.49. The first-order chi connectivity index (χ1) is 18.5. The second-order valence-corrected chi connectivity index (χ2v) is 12.1. The smallest absolute Gasteiger partial charge is 0.416 e. The lowest BCUT2D eigenvalue weighted by molar-refractivity contribution is -0.137. The van der Waals surface area contributed by atoms with E-state index in [1.54, 1.807) is 6.07 Å².